The van der Waals surface area contributed by atoms with Crippen LogP contribution in [-0.2, 0) is 0 Å². The molecule has 1 aliphatic rings. The highest BCUT2D eigenvalue weighted by Crippen LogP contribution is 2.20. The van der Waals surface area contributed by atoms with Gasteiger partial charge in [0.1, 0.15) is 6.29 Å². The van der Waals surface area contributed by atoms with Gasteiger partial charge in [0.15, 0.2) is 0 Å². The lowest BCUT2D eigenvalue weighted by Gasteiger charge is -2.35. The highest BCUT2D eigenvalue weighted by Gasteiger charge is 2.21. The van der Waals surface area contributed by atoms with Crippen molar-refractivity contribution in [3.8, 4) is 0 Å². The van der Waals surface area contributed by atoms with Crippen LogP contribution < -0.4 is 9.80 Å². The molecule has 0 saturated carbocycles. The third-order valence-corrected chi connectivity index (χ3v) is 3.87. The maximum Gasteiger partial charge on any atom is 0.150 e. The van der Waals surface area contributed by atoms with Crippen LogP contribution in [0.25, 0.3) is 0 Å². The van der Waals surface area contributed by atoms with Crippen LogP contribution in [0.3, 0.4) is 0 Å². The number of nitrogens with zero attached hydrogens (tertiary/aromatic N) is 1. The van der Waals surface area contributed by atoms with Crippen LogP contribution in [0.1, 0.15) is 29.8 Å². The summed E-state index contributed by atoms with van der Waals surface area (Å²) >= 11 is 0. The van der Waals surface area contributed by atoms with E-state index in [9.17, 15) is 4.79 Å². The molecule has 1 fully saturated rings. The number of anilines is 1. The minimum absolute atomic E-state index is 0.769. The van der Waals surface area contributed by atoms with Gasteiger partial charge in [0, 0.05) is 17.2 Å². The molecular weight excluding hydrogens is 236 g/mol. The third-order valence-electron chi connectivity index (χ3n) is 3.87. The normalized spacial score (nSPS) is 16.9. The number of nitrogens with one attached hydrogen (secondary N) is 1. The van der Waals surface area contributed by atoms with E-state index >= 15 is 0 Å². The summed E-state index contributed by atoms with van der Waals surface area (Å²) in [7, 11) is 0. The number of benzene rings is 1. The van der Waals surface area contributed by atoms with E-state index < -0.39 is 0 Å². The largest absolute Gasteiger partial charge is 0.360 e. The highest BCUT2D eigenvalue weighted by molar-refractivity contribution is 5.77. The Morgan fingerprint density at radius 3 is 2.53 bits per heavy atom. The number of carbonyl (C=O) groups excluding carboxylic acids is 1. The number of aryl methyl sites for hydroxylation is 1. The number of aldehydes is 1. The van der Waals surface area contributed by atoms with Crippen LogP contribution in [-0.4, -0.2) is 39.0 Å². The first-order valence-corrected chi connectivity index (χ1v) is 7.24. The molecule has 1 aliphatic heterocycles. The molecule has 3 nitrogen and oxygen atoms in total. The summed E-state index contributed by atoms with van der Waals surface area (Å²) in [5.41, 5.74) is 3.26. The summed E-state index contributed by atoms with van der Waals surface area (Å²) in [4.78, 5) is 14.9. The van der Waals surface area contributed by atoms with Crippen LogP contribution in [0, 0.1) is 12.8 Å². The van der Waals surface area contributed by atoms with E-state index in [2.05, 4.69) is 31.7 Å². The zero-order valence-electron chi connectivity index (χ0n) is 12.3. The molecule has 1 aromatic rings. The number of hydrogen-bond acceptors (Lipinski definition) is 2. The maximum atomic E-state index is 10.8. The first kappa shape index (κ1) is 14.1. The van der Waals surface area contributed by atoms with Crippen molar-refractivity contribution in [3.05, 3.63) is 29.3 Å². The van der Waals surface area contributed by atoms with Gasteiger partial charge in [0.25, 0.3) is 0 Å². The molecule has 1 N–H and O–H groups in total. The fraction of sp³-hybridized carbons (Fsp3) is 0.562. The van der Waals surface area contributed by atoms with Gasteiger partial charge in [-0.3, -0.25) is 4.79 Å². The standard InChI is InChI=1S/C16H24N2O/c1-13(2)11-17-6-8-18(9-7-17)16-5-4-15(12-19)10-14(16)3/h4-5,10,12-13H,6-9,11H2,1-3H3/p+1. The second-order valence-corrected chi connectivity index (χ2v) is 6.00. The number of rotatable bonds is 4. The van der Waals surface area contributed by atoms with Crippen molar-refractivity contribution in [3.63, 3.8) is 0 Å². The molecule has 1 saturated heterocycles. The Morgan fingerprint density at radius 1 is 1.32 bits per heavy atom. The smallest absolute Gasteiger partial charge is 0.150 e. The summed E-state index contributed by atoms with van der Waals surface area (Å²) < 4.78 is 0. The summed E-state index contributed by atoms with van der Waals surface area (Å²) in [6, 6.07) is 5.99. The Balaban J connectivity index is 1.99. The summed E-state index contributed by atoms with van der Waals surface area (Å²) in [5, 5.41) is 0. The third kappa shape index (κ3) is 3.57. The Morgan fingerprint density at radius 2 is 2.00 bits per heavy atom. The molecule has 0 spiro atoms. The minimum Gasteiger partial charge on any atom is -0.360 e. The zero-order valence-corrected chi connectivity index (χ0v) is 12.3. The Kier molecular flexibility index (Phi) is 4.59. The van der Waals surface area contributed by atoms with Crippen molar-refractivity contribution in [2.24, 2.45) is 5.92 Å². The number of quaternary nitrogens is 1. The fourth-order valence-corrected chi connectivity index (χ4v) is 2.95. The predicted molar refractivity (Wildman–Crippen MR) is 79.2 cm³/mol. The molecule has 0 bridgehead atoms. The van der Waals surface area contributed by atoms with Gasteiger partial charge in [0.2, 0.25) is 0 Å². The second-order valence-electron chi connectivity index (χ2n) is 6.00. The molecule has 0 amide bonds. The van der Waals surface area contributed by atoms with E-state index in [0.717, 1.165) is 30.9 Å². The molecule has 104 valence electrons. The molecule has 0 radical (unpaired) electrons. The summed E-state index contributed by atoms with van der Waals surface area (Å²) in [6.07, 6.45) is 0.918. The molecule has 0 aliphatic carbocycles. The average Bonchev–Trinajstić information content (AvgIpc) is 2.39. The van der Waals surface area contributed by atoms with Gasteiger partial charge in [-0.1, -0.05) is 13.8 Å². The zero-order chi connectivity index (χ0) is 13.8. The van der Waals surface area contributed by atoms with Crippen molar-refractivity contribution in [1.29, 1.82) is 0 Å². The lowest BCUT2D eigenvalue weighted by molar-refractivity contribution is -0.903. The Hall–Kier alpha value is -1.35. The van der Waals surface area contributed by atoms with E-state index in [-0.39, 0.29) is 0 Å². The second kappa shape index (κ2) is 6.20. The molecule has 0 unspecified atom stereocenters. The van der Waals surface area contributed by atoms with Crippen LogP contribution >= 0.6 is 0 Å². The number of carbonyl (C=O) groups is 1. The van der Waals surface area contributed by atoms with Crippen molar-refractivity contribution >= 4 is 12.0 Å². The molecule has 19 heavy (non-hydrogen) atoms. The first-order valence-electron chi connectivity index (χ1n) is 7.24. The van der Waals surface area contributed by atoms with E-state index in [4.69, 9.17) is 0 Å². The Bertz CT molecular complexity index is 434. The molecule has 0 aromatic heterocycles. The van der Waals surface area contributed by atoms with Crippen LogP contribution in [0.4, 0.5) is 5.69 Å². The Labute approximate surface area is 116 Å². The predicted octanol–water partition coefficient (Wildman–Crippen LogP) is 1.17. The maximum absolute atomic E-state index is 10.8. The fourth-order valence-electron chi connectivity index (χ4n) is 2.95. The van der Waals surface area contributed by atoms with Gasteiger partial charge in [-0.25, -0.2) is 0 Å². The minimum atomic E-state index is 0.769. The van der Waals surface area contributed by atoms with Crippen molar-refractivity contribution in [2.75, 3.05) is 37.6 Å². The van der Waals surface area contributed by atoms with E-state index in [0.29, 0.717) is 0 Å². The molecule has 1 aromatic carbocycles. The van der Waals surface area contributed by atoms with Gasteiger partial charge in [-0.15, -0.1) is 0 Å². The molecular formula is C16H25N2O+. The van der Waals surface area contributed by atoms with E-state index in [1.54, 1.807) is 4.90 Å². The van der Waals surface area contributed by atoms with Gasteiger partial charge in [0.05, 0.1) is 32.7 Å². The van der Waals surface area contributed by atoms with Crippen molar-refractivity contribution < 1.29 is 9.69 Å². The molecule has 2 rings (SSSR count). The van der Waals surface area contributed by atoms with Crippen LogP contribution in [0.2, 0.25) is 0 Å². The summed E-state index contributed by atoms with van der Waals surface area (Å²) in [6.45, 7) is 12.6. The average molecular weight is 261 g/mol. The lowest BCUT2D eigenvalue weighted by Crippen LogP contribution is -3.15. The van der Waals surface area contributed by atoms with Gasteiger partial charge in [-0.05, 0) is 30.7 Å². The van der Waals surface area contributed by atoms with E-state index in [1.165, 1.54) is 30.9 Å². The topological polar surface area (TPSA) is 24.8 Å². The molecule has 1 heterocycles. The van der Waals surface area contributed by atoms with Crippen molar-refractivity contribution in [1.82, 2.24) is 0 Å². The lowest BCUT2D eigenvalue weighted by atomic mass is 10.1. The first-order chi connectivity index (χ1) is 9.10. The monoisotopic (exact) mass is 261 g/mol. The number of hydrogen-bond donors (Lipinski definition) is 1. The van der Waals surface area contributed by atoms with Crippen molar-refractivity contribution in [2.45, 2.75) is 20.8 Å². The van der Waals surface area contributed by atoms with E-state index in [1.807, 2.05) is 12.1 Å². The van der Waals surface area contributed by atoms with Crippen LogP contribution in [0.15, 0.2) is 18.2 Å². The highest BCUT2D eigenvalue weighted by atomic mass is 16.1. The number of piperazine rings is 1. The SMILES string of the molecule is Cc1cc(C=O)ccc1N1CC[NH+](CC(C)C)CC1. The van der Waals surface area contributed by atoms with Gasteiger partial charge >= 0.3 is 0 Å². The molecule has 0 atom stereocenters. The quantitative estimate of drug-likeness (QED) is 0.823. The van der Waals surface area contributed by atoms with Crippen LogP contribution in [0.5, 0.6) is 0 Å². The summed E-state index contributed by atoms with van der Waals surface area (Å²) in [5.74, 6) is 0.773. The van der Waals surface area contributed by atoms with Gasteiger partial charge < -0.3 is 9.80 Å². The van der Waals surface area contributed by atoms with Gasteiger partial charge in [-0.2, -0.15) is 0 Å². The molecule has 3 heteroatoms.